The molecule has 8 nitrogen and oxygen atoms in total. The molecule has 1 amide bonds. The minimum atomic E-state index is -0.303. The predicted molar refractivity (Wildman–Crippen MR) is 132 cm³/mol. The molecule has 34 heavy (non-hydrogen) atoms. The zero-order valence-corrected chi connectivity index (χ0v) is 19.2. The van der Waals surface area contributed by atoms with Gasteiger partial charge in [-0.05, 0) is 17.2 Å². The van der Waals surface area contributed by atoms with Crippen LogP contribution in [0.1, 0.15) is 21.6 Å². The van der Waals surface area contributed by atoms with Crippen molar-refractivity contribution in [2.75, 3.05) is 11.9 Å². The quantitative estimate of drug-likeness (QED) is 0.368. The van der Waals surface area contributed by atoms with Crippen LogP contribution in [0.2, 0.25) is 5.02 Å². The maximum atomic E-state index is 12.9. The lowest BCUT2D eigenvalue weighted by atomic mass is 10.2. The van der Waals surface area contributed by atoms with Gasteiger partial charge in [0.25, 0.3) is 5.91 Å². The Kier molecular flexibility index (Phi) is 5.97. The number of nitrogens with one attached hydrogen (secondary N) is 2. The molecule has 0 atom stereocenters. The second-order valence-corrected chi connectivity index (χ2v) is 8.31. The molecule has 5 rings (SSSR count). The Morgan fingerprint density at radius 1 is 1.12 bits per heavy atom. The van der Waals surface area contributed by atoms with E-state index in [1.807, 2.05) is 49.5 Å². The summed E-state index contributed by atoms with van der Waals surface area (Å²) in [6.07, 6.45) is 3.50. The molecule has 0 radical (unpaired) electrons. The van der Waals surface area contributed by atoms with Crippen LogP contribution in [0, 0.1) is 0 Å². The highest BCUT2D eigenvalue weighted by molar-refractivity contribution is 6.31. The number of amides is 1. The maximum absolute atomic E-state index is 12.9. The summed E-state index contributed by atoms with van der Waals surface area (Å²) >= 11 is 6.21. The van der Waals surface area contributed by atoms with E-state index in [2.05, 4.69) is 37.6 Å². The molecule has 0 aliphatic rings. The first kappa shape index (κ1) is 21.7. The van der Waals surface area contributed by atoms with Crippen molar-refractivity contribution in [3.8, 4) is 11.3 Å². The zero-order valence-electron chi connectivity index (χ0n) is 18.4. The minimum absolute atomic E-state index is 0.271. The molecule has 0 saturated heterocycles. The fourth-order valence-electron chi connectivity index (χ4n) is 3.71. The number of H-pyrrole nitrogens is 1. The van der Waals surface area contributed by atoms with Crippen LogP contribution in [0.5, 0.6) is 0 Å². The Morgan fingerprint density at radius 3 is 2.68 bits per heavy atom. The summed E-state index contributed by atoms with van der Waals surface area (Å²) in [7, 11) is 1.98. The molecule has 3 aromatic heterocycles. The van der Waals surface area contributed by atoms with Gasteiger partial charge in [-0.1, -0.05) is 60.1 Å². The Labute approximate surface area is 201 Å². The molecule has 170 valence electrons. The molecule has 0 spiro atoms. The lowest BCUT2D eigenvalue weighted by Gasteiger charge is -2.19. The molecule has 9 heteroatoms. The predicted octanol–water partition coefficient (Wildman–Crippen LogP) is 4.34. The lowest BCUT2D eigenvalue weighted by molar-refractivity contribution is 0.0945. The van der Waals surface area contributed by atoms with Gasteiger partial charge >= 0.3 is 0 Å². The van der Waals surface area contributed by atoms with Crippen molar-refractivity contribution < 1.29 is 4.79 Å². The van der Waals surface area contributed by atoms with Gasteiger partial charge in [-0.3, -0.25) is 9.89 Å². The van der Waals surface area contributed by atoms with Crippen LogP contribution < -0.4 is 10.2 Å². The van der Waals surface area contributed by atoms with Crippen molar-refractivity contribution in [3.63, 3.8) is 0 Å². The maximum Gasteiger partial charge on any atom is 0.272 e. The third-order valence-electron chi connectivity index (χ3n) is 5.49. The summed E-state index contributed by atoms with van der Waals surface area (Å²) in [5.41, 5.74) is 4.46. The standard InChI is InChI=1S/C25H22ClN7O/c1-32(16-17-7-3-2-4-8-17)23-12-22(19-14-28-29-15-19)33-24(30-23)11-21(31-33)25(34)27-13-18-9-5-6-10-20(18)26/h2-12,14-15H,13,16H2,1H3,(H,27,34)(H,28,29). The fourth-order valence-corrected chi connectivity index (χ4v) is 3.91. The number of fused-ring (bicyclic) bond motifs is 1. The summed E-state index contributed by atoms with van der Waals surface area (Å²) in [6.45, 7) is 0.994. The summed E-state index contributed by atoms with van der Waals surface area (Å²) in [6, 6.07) is 21.2. The second kappa shape index (κ2) is 9.36. The summed E-state index contributed by atoms with van der Waals surface area (Å²) in [5, 5.41) is 14.9. The van der Waals surface area contributed by atoms with Crippen LogP contribution in [-0.4, -0.2) is 37.8 Å². The highest BCUT2D eigenvalue weighted by Crippen LogP contribution is 2.25. The molecule has 0 fully saturated rings. The van der Waals surface area contributed by atoms with Crippen molar-refractivity contribution in [2.45, 2.75) is 13.1 Å². The molecule has 5 aromatic rings. The van der Waals surface area contributed by atoms with Gasteiger partial charge in [0.1, 0.15) is 5.82 Å². The molecule has 0 bridgehead atoms. The van der Waals surface area contributed by atoms with Gasteiger partial charge in [0.15, 0.2) is 11.3 Å². The number of rotatable bonds is 7. The smallest absolute Gasteiger partial charge is 0.272 e. The average Bonchev–Trinajstić information content (AvgIpc) is 3.54. The van der Waals surface area contributed by atoms with E-state index in [4.69, 9.17) is 16.6 Å². The van der Waals surface area contributed by atoms with Crippen LogP contribution >= 0.6 is 11.6 Å². The first-order valence-electron chi connectivity index (χ1n) is 10.7. The van der Waals surface area contributed by atoms with Gasteiger partial charge < -0.3 is 10.2 Å². The van der Waals surface area contributed by atoms with Gasteiger partial charge in [-0.15, -0.1) is 0 Å². The van der Waals surface area contributed by atoms with Gasteiger partial charge in [-0.25, -0.2) is 9.50 Å². The lowest BCUT2D eigenvalue weighted by Crippen LogP contribution is -2.23. The molecular weight excluding hydrogens is 450 g/mol. The summed E-state index contributed by atoms with van der Waals surface area (Å²) in [4.78, 5) is 19.7. The van der Waals surface area contributed by atoms with Crippen molar-refractivity contribution >= 4 is 29.0 Å². The number of carbonyl (C=O) groups is 1. The van der Waals surface area contributed by atoms with Gasteiger partial charge in [-0.2, -0.15) is 10.2 Å². The Morgan fingerprint density at radius 2 is 1.91 bits per heavy atom. The van der Waals surface area contributed by atoms with E-state index in [1.54, 1.807) is 29.0 Å². The summed E-state index contributed by atoms with van der Waals surface area (Å²) in [5.74, 6) is 0.457. The second-order valence-electron chi connectivity index (χ2n) is 7.90. The molecule has 0 aliphatic carbocycles. The van der Waals surface area contributed by atoms with E-state index in [1.165, 1.54) is 5.56 Å². The molecule has 0 saturated carbocycles. The van der Waals surface area contributed by atoms with Crippen LogP contribution in [0.15, 0.2) is 79.1 Å². The van der Waals surface area contributed by atoms with Crippen LogP contribution in [0.25, 0.3) is 16.9 Å². The third-order valence-corrected chi connectivity index (χ3v) is 5.86. The highest BCUT2D eigenvalue weighted by Gasteiger charge is 2.18. The fraction of sp³-hybridized carbons (Fsp3) is 0.120. The van der Waals surface area contributed by atoms with E-state index in [0.717, 1.165) is 22.6 Å². The number of aromatic nitrogens is 5. The van der Waals surface area contributed by atoms with Crippen molar-refractivity contribution in [1.82, 2.24) is 30.1 Å². The molecule has 2 N–H and O–H groups in total. The number of anilines is 1. The molecule has 0 aliphatic heterocycles. The monoisotopic (exact) mass is 471 g/mol. The van der Waals surface area contributed by atoms with Crippen LogP contribution in [0.3, 0.4) is 0 Å². The Bertz CT molecular complexity index is 1430. The average molecular weight is 472 g/mol. The molecule has 3 heterocycles. The van der Waals surface area contributed by atoms with E-state index >= 15 is 0 Å². The molecule has 2 aromatic carbocycles. The van der Waals surface area contributed by atoms with Crippen molar-refractivity contribution in [3.05, 3.63) is 101 Å². The highest BCUT2D eigenvalue weighted by atomic mass is 35.5. The van der Waals surface area contributed by atoms with Gasteiger partial charge in [0.2, 0.25) is 0 Å². The topological polar surface area (TPSA) is 91.2 Å². The first-order valence-corrected chi connectivity index (χ1v) is 11.1. The Balaban J connectivity index is 1.47. The third kappa shape index (κ3) is 4.49. The van der Waals surface area contributed by atoms with Gasteiger partial charge in [0, 0.05) is 49.1 Å². The van der Waals surface area contributed by atoms with Gasteiger partial charge in [0.05, 0.1) is 11.9 Å². The number of benzene rings is 2. The zero-order chi connectivity index (χ0) is 23.5. The number of nitrogens with zero attached hydrogens (tertiary/aromatic N) is 5. The largest absolute Gasteiger partial charge is 0.355 e. The summed E-state index contributed by atoms with van der Waals surface area (Å²) < 4.78 is 1.66. The Hall–Kier alpha value is -4.17. The van der Waals surface area contributed by atoms with E-state index < -0.39 is 0 Å². The van der Waals surface area contributed by atoms with E-state index in [0.29, 0.717) is 23.8 Å². The van der Waals surface area contributed by atoms with Crippen molar-refractivity contribution in [1.29, 1.82) is 0 Å². The van der Waals surface area contributed by atoms with Crippen molar-refractivity contribution in [2.24, 2.45) is 0 Å². The first-order chi connectivity index (χ1) is 16.6. The number of halogens is 1. The number of hydrogen-bond donors (Lipinski definition) is 2. The van der Waals surface area contributed by atoms with Crippen LogP contribution in [0.4, 0.5) is 5.82 Å². The SMILES string of the molecule is CN(Cc1ccccc1)c1cc(-c2cn[nH]c2)n2nc(C(=O)NCc3ccccc3Cl)cc2n1. The minimum Gasteiger partial charge on any atom is -0.355 e. The number of carbonyl (C=O) groups excluding carboxylic acids is 1. The number of hydrogen-bond acceptors (Lipinski definition) is 5. The van der Waals surface area contributed by atoms with E-state index in [9.17, 15) is 4.79 Å². The molecular formula is C25H22ClN7O. The van der Waals surface area contributed by atoms with E-state index in [-0.39, 0.29) is 11.6 Å². The van der Waals surface area contributed by atoms with Crippen LogP contribution in [-0.2, 0) is 13.1 Å². The molecule has 0 unspecified atom stereocenters. The normalized spacial score (nSPS) is 11.0. The number of aromatic amines is 1.